The van der Waals surface area contributed by atoms with Crippen LogP contribution in [0.15, 0.2) is 18.2 Å². The summed E-state index contributed by atoms with van der Waals surface area (Å²) in [5.74, 6) is 0.0286. The second-order valence-electron chi connectivity index (χ2n) is 5.84. The Morgan fingerprint density at radius 2 is 2.10 bits per heavy atom. The highest BCUT2D eigenvalue weighted by Gasteiger charge is 2.31. The van der Waals surface area contributed by atoms with Crippen molar-refractivity contribution in [3.05, 3.63) is 29.6 Å². The highest BCUT2D eigenvalue weighted by Crippen LogP contribution is 2.31. The summed E-state index contributed by atoms with van der Waals surface area (Å²) in [5.41, 5.74) is 1.39. The molecule has 2 unspecified atom stereocenters. The Morgan fingerprint density at radius 3 is 2.70 bits per heavy atom. The topological polar surface area (TPSA) is 44.4 Å². The molecule has 5 heteroatoms. The molecule has 0 radical (unpaired) electrons. The van der Waals surface area contributed by atoms with Gasteiger partial charge in [0.15, 0.2) is 0 Å². The molecule has 1 amide bonds. The number of benzene rings is 1. The van der Waals surface area contributed by atoms with Crippen molar-refractivity contribution >= 4 is 11.6 Å². The van der Waals surface area contributed by atoms with Crippen LogP contribution < -0.4 is 10.6 Å². The van der Waals surface area contributed by atoms with Gasteiger partial charge in [0.2, 0.25) is 5.91 Å². The lowest BCUT2D eigenvalue weighted by atomic mass is 10.0. The van der Waals surface area contributed by atoms with E-state index in [-0.39, 0.29) is 11.7 Å². The first kappa shape index (κ1) is 14.9. The Hall–Kier alpha value is -1.46. The van der Waals surface area contributed by atoms with Gasteiger partial charge < -0.3 is 15.5 Å². The average molecular weight is 279 g/mol. The van der Waals surface area contributed by atoms with Crippen molar-refractivity contribution in [1.29, 1.82) is 0 Å². The number of carbonyl (C=O) groups excluding carboxylic acids is 1. The molecule has 1 aromatic carbocycles. The summed E-state index contributed by atoms with van der Waals surface area (Å²) in [6, 6.07) is 4.24. The minimum atomic E-state index is -0.470. The quantitative estimate of drug-likeness (QED) is 0.866. The average Bonchev–Trinajstić information content (AvgIpc) is 2.65. The van der Waals surface area contributed by atoms with Crippen molar-refractivity contribution in [3.63, 3.8) is 0 Å². The van der Waals surface area contributed by atoms with Gasteiger partial charge in [-0.3, -0.25) is 4.79 Å². The molecule has 0 fully saturated rings. The molecular weight excluding hydrogens is 257 g/mol. The first-order chi connectivity index (χ1) is 9.40. The third-order valence-electron chi connectivity index (χ3n) is 3.81. The lowest BCUT2D eigenvalue weighted by Crippen LogP contribution is -2.43. The molecule has 110 valence electrons. The van der Waals surface area contributed by atoms with E-state index in [0.29, 0.717) is 29.8 Å². The monoisotopic (exact) mass is 279 g/mol. The van der Waals surface area contributed by atoms with Crippen molar-refractivity contribution in [3.8, 4) is 0 Å². The first-order valence-electron chi connectivity index (χ1n) is 6.90. The summed E-state index contributed by atoms with van der Waals surface area (Å²) in [6.07, 6.45) is 0. The van der Waals surface area contributed by atoms with Crippen LogP contribution in [0.1, 0.15) is 25.5 Å². The third-order valence-corrected chi connectivity index (χ3v) is 3.81. The van der Waals surface area contributed by atoms with Crippen molar-refractivity contribution in [2.75, 3.05) is 26.0 Å². The Balaban J connectivity index is 2.11. The van der Waals surface area contributed by atoms with Crippen LogP contribution in [0.3, 0.4) is 0 Å². The molecule has 0 aliphatic carbocycles. The maximum absolute atomic E-state index is 13.3. The van der Waals surface area contributed by atoms with Gasteiger partial charge >= 0.3 is 0 Å². The Bertz CT molecular complexity index is 494. The molecule has 0 saturated heterocycles. The van der Waals surface area contributed by atoms with Crippen LogP contribution in [-0.4, -0.2) is 37.5 Å². The molecule has 0 bridgehead atoms. The lowest BCUT2D eigenvalue weighted by molar-refractivity contribution is -0.117. The molecular formula is C15H22FN3O. The predicted molar refractivity (Wildman–Crippen MR) is 78.1 cm³/mol. The van der Waals surface area contributed by atoms with Crippen LogP contribution in [-0.2, 0) is 4.79 Å². The van der Waals surface area contributed by atoms with Gasteiger partial charge in [-0.2, -0.15) is 0 Å². The molecule has 1 aromatic rings. The molecule has 2 atom stereocenters. The van der Waals surface area contributed by atoms with Crippen LogP contribution in [0.5, 0.6) is 0 Å². The van der Waals surface area contributed by atoms with E-state index in [9.17, 15) is 9.18 Å². The van der Waals surface area contributed by atoms with Crippen molar-refractivity contribution in [1.82, 2.24) is 10.2 Å². The molecule has 1 aliphatic heterocycles. The molecule has 0 saturated carbocycles. The molecule has 1 aliphatic rings. The van der Waals surface area contributed by atoms with Crippen LogP contribution in [0.4, 0.5) is 10.1 Å². The summed E-state index contributed by atoms with van der Waals surface area (Å²) < 4.78 is 13.3. The summed E-state index contributed by atoms with van der Waals surface area (Å²) in [4.78, 5) is 14.1. The third kappa shape index (κ3) is 2.99. The molecule has 4 nitrogen and oxygen atoms in total. The smallest absolute Gasteiger partial charge is 0.246 e. The summed E-state index contributed by atoms with van der Waals surface area (Å²) in [5, 5.41) is 6.03. The zero-order chi connectivity index (χ0) is 14.9. The van der Waals surface area contributed by atoms with Gasteiger partial charge in [-0.15, -0.1) is 0 Å². The van der Waals surface area contributed by atoms with Crippen LogP contribution in [0.2, 0.25) is 0 Å². The molecule has 2 N–H and O–H groups in total. The van der Waals surface area contributed by atoms with Gasteiger partial charge in [-0.1, -0.05) is 13.8 Å². The first-order valence-corrected chi connectivity index (χ1v) is 6.90. The van der Waals surface area contributed by atoms with Gasteiger partial charge in [0.1, 0.15) is 11.9 Å². The Labute approximate surface area is 119 Å². The largest absolute Gasteiger partial charge is 0.324 e. The number of fused-ring (bicyclic) bond motifs is 1. The zero-order valence-corrected chi connectivity index (χ0v) is 12.4. The minimum Gasteiger partial charge on any atom is -0.324 e. The fourth-order valence-corrected chi connectivity index (χ4v) is 2.69. The SMILES string of the molecule is CC(C)C(CNC1C(=O)Nc2ccc(F)cc21)N(C)C. The standard InChI is InChI=1S/C15H22FN3O/c1-9(2)13(19(3)4)8-17-14-11-7-10(16)5-6-12(11)18-15(14)20/h5-7,9,13-14,17H,8H2,1-4H3,(H,18,20). The number of hydrogen-bond acceptors (Lipinski definition) is 3. The highest BCUT2D eigenvalue weighted by molar-refractivity contribution is 6.02. The maximum atomic E-state index is 13.3. The minimum absolute atomic E-state index is 0.119. The maximum Gasteiger partial charge on any atom is 0.246 e. The van der Waals surface area contributed by atoms with E-state index in [1.165, 1.54) is 12.1 Å². The van der Waals surface area contributed by atoms with E-state index < -0.39 is 6.04 Å². The normalized spacial score (nSPS) is 19.4. The van der Waals surface area contributed by atoms with Gasteiger partial charge in [0, 0.05) is 23.8 Å². The summed E-state index contributed by atoms with van der Waals surface area (Å²) in [6.45, 7) is 4.97. The van der Waals surface area contributed by atoms with E-state index in [2.05, 4.69) is 29.4 Å². The van der Waals surface area contributed by atoms with Crippen LogP contribution in [0.25, 0.3) is 0 Å². The number of amides is 1. The van der Waals surface area contributed by atoms with Crippen molar-refractivity contribution < 1.29 is 9.18 Å². The number of anilines is 1. The molecule has 20 heavy (non-hydrogen) atoms. The molecule has 1 heterocycles. The van der Waals surface area contributed by atoms with Gasteiger partial charge in [-0.25, -0.2) is 4.39 Å². The number of rotatable bonds is 5. The lowest BCUT2D eigenvalue weighted by Gasteiger charge is -2.29. The Kier molecular flexibility index (Phi) is 4.40. The zero-order valence-electron chi connectivity index (χ0n) is 12.4. The van der Waals surface area contributed by atoms with Crippen LogP contribution >= 0.6 is 0 Å². The van der Waals surface area contributed by atoms with E-state index in [4.69, 9.17) is 0 Å². The second-order valence-corrected chi connectivity index (χ2v) is 5.84. The fraction of sp³-hybridized carbons (Fsp3) is 0.533. The molecule has 0 spiro atoms. The number of halogens is 1. The van der Waals surface area contributed by atoms with E-state index in [1.807, 2.05) is 14.1 Å². The van der Waals surface area contributed by atoms with Crippen molar-refractivity contribution in [2.24, 2.45) is 5.92 Å². The molecule has 2 rings (SSSR count). The van der Waals surface area contributed by atoms with E-state index in [1.54, 1.807) is 6.07 Å². The summed E-state index contributed by atoms with van der Waals surface area (Å²) in [7, 11) is 4.05. The van der Waals surface area contributed by atoms with Gasteiger partial charge in [-0.05, 0) is 38.2 Å². The van der Waals surface area contributed by atoms with Crippen molar-refractivity contribution in [2.45, 2.75) is 25.9 Å². The fourth-order valence-electron chi connectivity index (χ4n) is 2.69. The number of nitrogens with one attached hydrogen (secondary N) is 2. The number of nitrogens with zero attached hydrogens (tertiary/aromatic N) is 1. The molecule has 0 aromatic heterocycles. The number of carbonyl (C=O) groups is 1. The van der Waals surface area contributed by atoms with Gasteiger partial charge in [0.25, 0.3) is 0 Å². The van der Waals surface area contributed by atoms with E-state index >= 15 is 0 Å². The summed E-state index contributed by atoms with van der Waals surface area (Å²) >= 11 is 0. The van der Waals surface area contributed by atoms with Crippen LogP contribution in [0, 0.1) is 11.7 Å². The number of likely N-dealkylation sites (N-methyl/N-ethyl adjacent to an activating group) is 1. The van der Waals surface area contributed by atoms with Gasteiger partial charge in [0.05, 0.1) is 0 Å². The predicted octanol–water partition coefficient (Wildman–Crippen LogP) is 1.99. The highest BCUT2D eigenvalue weighted by atomic mass is 19.1. The Morgan fingerprint density at radius 1 is 1.40 bits per heavy atom. The van der Waals surface area contributed by atoms with E-state index in [0.717, 1.165) is 0 Å². The number of hydrogen-bond donors (Lipinski definition) is 2. The second kappa shape index (κ2) is 5.89.